The maximum Gasteiger partial charge on any atom is 0.248 e. The number of nitrogens with zero attached hydrogens (tertiary/aromatic N) is 4. The number of rotatable bonds is 7. The molecule has 1 atom stereocenters. The summed E-state index contributed by atoms with van der Waals surface area (Å²) in [7, 11) is 0. The Kier molecular flexibility index (Phi) is 7.20. The van der Waals surface area contributed by atoms with E-state index in [1.165, 1.54) is 16.7 Å². The third-order valence-electron chi connectivity index (χ3n) is 7.68. The molecule has 7 rings (SSSR count). The first kappa shape index (κ1) is 26.4. The SMILES string of the molecule is Cc1ccc(C2=NN(c3ccc(/C=C/c4cccc(-c5nnc(-c6ccccc6)o5)c4)cc3)[C@H](c3ccccc3)C2)cc1. The quantitative estimate of drug-likeness (QED) is 0.183. The zero-order chi connectivity index (χ0) is 29.0. The number of aryl methyl sites for hydroxylation is 1. The van der Waals surface area contributed by atoms with Gasteiger partial charge in [0, 0.05) is 17.5 Å². The van der Waals surface area contributed by atoms with Crippen LogP contribution in [0, 0.1) is 6.92 Å². The zero-order valence-electron chi connectivity index (χ0n) is 23.8. The second-order valence-corrected chi connectivity index (χ2v) is 10.7. The van der Waals surface area contributed by atoms with E-state index in [9.17, 15) is 0 Å². The summed E-state index contributed by atoms with van der Waals surface area (Å²) in [5, 5.41) is 15.8. The minimum Gasteiger partial charge on any atom is -0.416 e. The largest absolute Gasteiger partial charge is 0.416 e. The molecule has 0 saturated carbocycles. The Balaban J connectivity index is 1.11. The highest BCUT2D eigenvalue weighted by Gasteiger charge is 2.29. The highest BCUT2D eigenvalue weighted by molar-refractivity contribution is 6.03. The van der Waals surface area contributed by atoms with Gasteiger partial charge in [-0.2, -0.15) is 5.10 Å². The second-order valence-electron chi connectivity index (χ2n) is 10.7. The normalized spacial score (nSPS) is 14.8. The summed E-state index contributed by atoms with van der Waals surface area (Å²) in [5.74, 6) is 1.02. The van der Waals surface area contributed by atoms with Gasteiger partial charge in [0.2, 0.25) is 11.8 Å². The van der Waals surface area contributed by atoms with Crippen molar-refractivity contribution in [3.8, 4) is 22.9 Å². The van der Waals surface area contributed by atoms with E-state index in [2.05, 4.69) is 125 Å². The van der Waals surface area contributed by atoms with Gasteiger partial charge in [0.1, 0.15) is 0 Å². The van der Waals surface area contributed by atoms with Crippen LogP contribution in [0.5, 0.6) is 0 Å². The maximum atomic E-state index is 5.96. The van der Waals surface area contributed by atoms with E-state index in [1.807, 2.05) is 42.5 Å². The first-order valence-electron chi connectivity index (χ1n) is 14.5. The van der Waals surface area contributed by atoms with Crippen molar-refractivity contribution in [3.05, 3.63) is 161 Å². The van der Waals surface area contributed by atoms with Crippen molar-refractivity contribution in [3.63, 3.8) is 0 Å². The van der Waals surface area contributed by atoms with Crippen molar-refractivity contribution >= 4 is 23.6 Å². The van der Waals surface area contributed by atoms with Crippen LogP contribution in [0.25, 0.3) is 35.1 Å². The highest BCUT2D eigenvalue weighted by Crippen LogP contribution is 2.37. The fourth-order valence-electron chi connectivity index (χ4n) is 5.35. The molecule has 5 nitrogen and oxygen atoms in total. The molecule has 6 aromatic rings. The lowest BCUT2D eigenvalue weighted by Crippen LogP contribution is -2.18. The van der Waals surface area contributed by atoms with E-state index in [0.29, 0.717) is 11.8 Å². The van der Waals surface area contributed by atoms with Crippen LogP contribution in [0.15, 0.2) is 143 Å². The fraction of sp³-hybridized carbons (Fsp3) is 0.0789. The molecule has 0 aliphatic carbocycles. The third-order valence-corrected chi connectivity index (χ3v) is 7.68. The van der Waals surface area contributed by atoms with Crippen LogP contribution in [0.3, 0.4) is 0 Å². The van der Waals surface area contributed by atoms with E-state index in [-0.39, 0.29) is 6.04 Å². The van der Waals surface area contributed by atoms with Gasteiger partial charge in [-0.25, -0.2) is 0 Å². The summed E-state index contributed by atoms with van der Waals surface area (Å²) in [6, 6.07) is 45.9. The molecule has 0 amide bonds. The van der Waals surface area contributed by atoms with Crippen molar-refractivity contribution in [2.75, 3.05) is 5.01 Å². The Labute approximate surface area is 251 Å². The molecule has 0 N–H and O–H groups in total. The summed E-state index contributed by atoms with van der Waals surface area (Å²) in [6.45, 7) is 2.11. The van der Waals surface area contributed by atoms with E-state index < -0.39 is 0 Å². The monoisotopic (exact) mass is 558 g/mol. The molecule has 0 fully saturated rings. The Bertz CT molecular complexity index is 1890. The van der Waals surface area contributed by atoms with Crippen LogP contribution in [-0.2, 0) is 0 Å². The predicted molar refractivity (Wildman–Crippen MR) is 175 cm³/mol. The van der Waals surface area contributed by atoms with Gasteiger partial charge in [-0.05, 0) is 65.6 Å². The Morgan fingerprint density at radius 1 is 0.628 bits per heavy atom. The number of hydrogen-bond acceptors (Lipinski definition) is 5. The van der Waals surface area contributed by atoms with Gasteiger partial charge < -0.3 is 4.42 Å². The number of benzene rings is 5. The fourth-order valence-corrected chi connectivity index (χ4v) is 5.35. The van der Waals surface area contributed by atoms with E-state index in [1.54, 1.807) is 0 Å². The lowest BCUT2D eigenvalue weighted by Gasteiger charge is -2.24. The average Bonchev–Trinajstić information content (AvgIpc) is 3.75. The van der Waals surface area contributed by atoms with Crippen LogP contribution in [0.4, 0.5) is 5.69 Å². The first-order valence-corrected chi connectivity index (χ1v) is 14.5. The van der Waals surface area contributed by atoms with Crippen molar-refractivity contribution in [2.24, 2.45) is 5.10 Å². The zero-order valence-corrected chi connectivity index (χ0v) is 23.8. The number of hydrogen-bond donors (Lipinski definition) is 0. The molecule has 208 valence electrons. The van der Waals surface area contributed by atoms with Gasteiger partial charge in [0.25, 0.3) is 0 Å². The van der Waals surface area contributed by atoms with Crippen molar-refractivity contribution in [1.29, 1.82) is 0 Å². The molecule has 0 saturated heterocycles. The Morgan fingerprint density at radius 2 is 1.28 bits per heavy atom. The summed E-state index contributed by atoms with van der Waals surface area (Å²) in [6.07, 6.45) is 5.08. The molecule has 5 aromatic carbocycles. The molecule has 1 aliphatic heterocycles. The molecule has 43 heavy (non-hydrogen) atoms. The van der Waals surface area contributed by atoms with Crippen molar-refractivity contribution in [2.45, 2.75) is 19.4 Å². The predicted octanol–water partition coefficient (Wildman–Crippen LogP) is 9.24. The van der Waals surface area contributed by atoms with Gasteiger partial charge in [-0.15, -0.1) is 10.2 Å². The van der Waals surface area contributed by atoms with Gasteiger partial charge in [-0.3, -0.25) is 5.01 Å². The van der Waals surface area contributed by atoms with Gasteiger partial charge in [-0.1, -0.05) is 115 Å². The Hall–Kier alpha value is -5.55. The minimum atomic E-state index is 0.147. The summed E-state index contributed by atoms with van der Waals surface area (Å²) in [4.78, 5) is 0. The van der Waals surface area contributed by atoms with Crippen molar-refractivity contribution in [1.82, 2.24) is 10.2 Å². The standard InChI is InChI=1S/C38H30N4O/c1-27-15-21-30(22-16-27)35-26-36(31-10-4-2-5-11-31)42(41-35)34-23-19-28(20-24-34)17-18-29-9-8-14-33(25-29)38-40-39-37(43-38)32-12-6-3-7-13-32/h2-25,36H,26H2,1H3/b18-17+/t36-/m0/s1. The van der Waals surface area contributed by atoms with Crippen LogP contribution >= 0.6 is 0 Å². The first-order chi connectivity index (χ1) is 21.2. The summed E-state index contributed by atoms with van der Waals surface area (Å²) >= 11 is 0. The molecule has 0 unspecified atom stereocenters. The molecule has 2 heterocycles. The number of hydrazone groups is 1. The summed E-state index contributed by atoms with van der Waals surface area (Å²) in [5.41, 5.74) is 9.81. The topological polar surface area (TPSA) is 54.5 Å². The minimum absolute atomic E-state index is 0.147. The molecule has 0 radical (unpaired) electrons. The molecule has 1 aliphatic rings. The molecule has 0 spiro atoms. The lowest BCUT2D eigenvalue weighted by atomic mass is 9.98. The molecule has 1 aromatic heterocycles. The molecular weight excluding hydrogens is 528 g/mol. The van der Waals surface area contributed by atoms with Gasteiger partial charge in [0.05, 0.1) is 17.4 Å². The third kappa shape index (κ3) is 5.79. The van der Waals surface area contributed by atoms with Gasteiger partial charge >= 0.3 is 0 Å². The van der Waals surface area contributed by atoms with Crippen molar-refractivity contribution < 1.29 is 4.42 Å². The van der Waals surface area contributed by atoms with E-state index in [0.717, 1.165) is 40.1 Å². The Morgan fingerprint density at radius 3 is 2.02 bits per heavy atom. The van der Waals surface area contributed by atoms with E-state index in [4.69, 9.17) is 9.52 Å². The number of aromatic nitrogens is 2. The average molecular weight is 559 g/mol. The molecule has 0 bridgehead atoms. The van der Waals surface area contributed by atoms with Gasteiger partial charge in [0.15, 0.2) is 0 Å². The van der Waals surface area contributed by atoms with Crippen LogP contribution in [-0.4, -0.2) is 15.9 Å². The second kappa shape index (κ2) is 11.7. The van der Waals surface area contributed by atoms with Crippen LogP contribution < -0.4 is 5.01 Å². The molecular formula is C38H30N4O. The highest BCUT2D eigenvalue weighted by atomic mass is 16.4. The van der Waals surface area contributed by atoms with Crippen LogP contribution in [0.2, 0.25) is 0 Å². The maximum absolute atomic E-state index is 5.96. The van der Waals surface area contributed by atoms with E-state index >= 15 is 0 Å². The smallest absolute Gasteiger partial charge is 0.248 e. The number of anilines is 1. The van der Waals surface area contributed by atoms with Crippen LogP contribution in [0.1, 0.15) is 40.3 Å². The lowest BCUT2D eigenvalue weighted by molar-refractivity contribution is 0.584. The summed E-state index contributed by atoms with van der Waals surface area (Å²) < 4.78 is 5.96. The molecule has 5 heteroatoms.